The van der Waals surface area contributed by atoms with Crippen LogP contribution in [0.25, 0.3) is 27.9 Å². The van der Waals surface area contributed by atoms with Gasteiger partial charge in [-0.2, -0.15) is 0 Å². The fourth-order valence-electron chi connectivity index (χ4n) is 3.26. The summed E-state index contributed by atoms with van der Waals surface area (Å²) >= 11 is 0. The van der Waals surface area contributed by atoms with Crippen molar-refractivity contribution >= 4 is 33.9 Å². The molecule has 5 heteroatoms. The predicted octanol–water partition coefficient (Wildman–Crippen LogP) is 4.71. The summed E-state index contributed by atoms with van der Waals surface area (Å²) < 4.78 is 10.7. The number of aromatic nitrogens is 1. The van der Waals surface area contributed by atoms with Crippen LogP contribution in [0.3, 0.4) is 0 Å². The number of esters is 1. The van der Waals surface area contributed by atoms with Crippen LogP contribution in [0.5, 0.6) is 0 Å². The second-order valence-corrected chi connectivity index (χ2v) is 6.84. The standard InChI is InChI=1S/C24H19NO4/c1-15-8-10-20-19(13-22(27)29-24(20)16(15)2)14-28-21(26)11-9-18-6-3-5-17-7-4-12-25-23(17)18/h3-13H,14H2,1-2H3/b11-9+. The molecule has 0 aliphatic rings. The van der Waals surface area contributed by atoms with Gasteiger partial charge in [0.15, 0.2) is 0 Å². The summed E-state index contributed by atoms with van der Waals surface area (Å²) in [6.07, 6.45) is 4.77. The highest BCUT2D eigenvalue weighted by atomic mass is 16.5. The molecule has 29 heavy (non-hydrogen) atoms. The molecule has 0 spiro atoms. The largest absolute Gasteiger partial charge is 0.458 e. The summed E-state index contributed by atoms with van der Waals surface area (Å²) in [6.45, 7) is 3.84. The van der Waals surface area contributed by atoms with Crippen LogP contribution in [0, 0.1) is 13.8 Å². The Bertz CT molecular complexity index is 1310. The Morgan fingerprint density at radius 1 is 1.14 bits per heavy atom. The van der Waals surface area contributed by atoms with Crippen LogP contribution in [0.15, 0.2) is 70.0 Å². The number of hydrogen-bond acceptors (Lipinski definition) is 5. The molecule has 0 radical (unpaired) electrons. The maximum Gasteiger partial charge on any atom is 0.336 e. The van der Waals surface area contributed by atoms with Gasteiger partial charge in [0.1, 0.15) is 12.2 Å². The van der Waals surface area contributed by atoms with Crippen LogP contribution in [0.4, 0.5) is 0 Å². The van der Waals surface area contributed by atoms with Crippen molar-refractivity contribution in [1.29, 1.82) is 0 Å². The number of aryl methyl sites for hydroxylation is 2. The van der Waals surface area contributed by atoms with E-state index in [9.17, 15) is 9.59 Å². The number of para-hydroxylation sites is 1. The van der Waals surface area contributed by atoms with E-state index in [0.717, 1.165) is 33.0 Å². The zero-order valence-electron chi connectivity index (χ0n) is 16.1. The lowest BCUT2D eigenvalue weighted by molar-refractivity contribution is -0.138. The van der Waals surface area contributed by atoms with Gasteiger partial charge < -0.3 is 9.15 Å². The van der Waals surface area contributed by atoms with Crippen LogP contribution < -0.4 is 5.63 Å². The second kappa shape index (κ2) is 7.72. The topological polar surface area (TPSA) is 69.4 Å². The molecule has 0 atom stereocenters. The minimum absolute atomic E-state index is 0.0123. The number of nitrogens with zero attached hydrogens (tertiary/aromatic N) is 1. The molecule has 0 fully saturated rings. The van der Waals surface area contributed by atoms with Crippen molar-refractivity contribution < 1.29 is 13.9 Å². The minimum Gasteiger partial charge on any atom is -0.458 e. The van der Waals surface area contributed by atoms with Gasteiger partial charge in [0.25, 0.3) is 0 Å². The van der Waals surface area contributed by atoms with E-state index < -0.39 is 11.6 Å². The normalized spacial score (nSPS) is 11.4. The third-order valence-electron chi connectivity index (χ3n) is 4.95. The van der Waals surface area contributed by atoms with E-state index in [1.807, 2.05) is 56.3 Å². The number of rotatable bonds is 4. The van der Waals surface area contributed by atoms with Crippen molar-refractivity contribution in [3.05, 3.63) is 93.5 Å². The van der Waals surface area contributed by atoms with Crippen LogP contribution in [0.2, 0.25) is 0 Å². The minimum atomic E-state index is -0.497. The molecule has 0 N–H and O–H groups in total. The molecule has 0 saturated carbocycles. The van der Waals surface area contributed by atoms with Gasteiger partial charge in [-0.15, -0.1) is 0 Å². The third kappa shape index (κ3) is 3.80. The summed E-state index contributed by atoms with van der Waals surface area (Å²) in [5.74, 6) is -0.497. The van der Waals surface area contributed by atoms with Crippen molar-refractivity contribution in [3.8, 4) is 0 Å². The van der Waals surface area contributed by atoms with Crippen molar-refractivity contribution in [3.63, 3.8) is 0 Å². The Morgan fingerprint density at radius 2 is 1.97 bits per heavy atom. The summed E-state index contributed by atoms with van der Waals surface area (Å²) in [5.41, 5.74) is 4.26. The molecule has 0 amide bonds. The number of fused-ring (bicyclic) bond motifs is 2. The Balaban J connectivity index is 1.55. The van der Waals surface area contributed by atoms with Gasteiger partial charge in [-0.1, -0.05) is 36.4 Å². The number of benzene rings is 2. The number of ether oxygens (including phenoxy) is 1. The van der Waals surface area contributed by atoms with Gasteiger partial charge in [-0.3, -0.25) is 4.98 Å². The van der Waals surface area contributed by atoms with Gasteiger partial charge in [-0.05, 0) is 37.1 Å². The third-order valence-corrected chi connectivity index (χ3v) is 4.95. The predicted molar refractivity (Wildman–Crippen MR) is 113 cm³/mol. The molecule has 2 aromatic heterocycles. The average molecular weight is 385 g/mol. The number of carbonyl (C=O) groups is 1. The zero-order valence-corrected chi connectivity index (χ0v) is 16.1. The number of pyridine rings is 1. The van der Waals surface area contributed by atoms with E-state index in [-0.39, 0.29) is 6.61 Å². The molecule has 144 valence electrons. The number of carbonyl (C=O) groups excluding carboxylic acids is 1. The van der Waals surface area contributed by atoms with E-state index >= 15 is 0 Å². The maximum absolute atomic E-state index is 12.2. The molecule has 2 heterocycles. The first-order valence-corrected chi connectivity index (χ1v) is 9.24. The smallest absolute Gasteiger partial charge is 0.336 e. The molecule has 4 aromatic rings. The number of hydrogen-bond donors (Lipinski definition) is 0. The summed E-state index contributed by atoms with van der Waals surface area (Å²) in [4.78, 5) is 28.5. The lowest BCUT2D eigenvalue weighted by Crippen LogP contribution is -2.06. The summed E-state index contributed by atoms with van der Waals surface area (Å²) in [6, 6.07) is 14.8. The van der Waals surface area contributed by atoms with E-state index in [2.05, 4.69) is 4.98 Å². The molecule has 2 aromatic carbocycles. The van der Waals surface area contributed by atoms with E-state index in [0.29, 0.717) is 11.1 Å². The first-order chi connectivity index (χ1) is 14.0. The first-order valence-electron chi connectivity index (χ1n) is 9.24. The molecule has 0 aliphatic heterocycles. The van der Waals surface area contributed by atoms with Crippen molar-refractivity contribution in [2.24, 2.45) is 0 Å². The van der Waals surface area contributed by atoms with Crippen molar-refractivity contribution in [1.82, 2.24) is 4.98 Å². The van der Waals surface area contributed by atoms with Gasteiger partial charge in [-0.25, -0.2) is 9.59 Å². The lowest BCUT2D eigenvalue weighted by Gasteiger charge is -2.09. The van der Waals surface area contributed by atoms with E-state index in [1.165, 1.54) is 12.1 Å². The highest BCUT2D eigenvalue weighted by Crippen LogP contribution is 2.24. The van der Waals surface area contributed by atoms with Gasteiger partial charge in [0.05, 0.1) is 5.52 Å². The maximum atomic E-state index is 12.2. The highest BCUT2D eigenvalue weighted by Gasteiger charge is 2.11. The quantitative estimate of drug-likeness (QED) is 0.289. The molecule has 0 unspecified atom stereocenters. The Labute approximate surface area is 167 Å². The van der Waals surface area contributed by atoms with Crippen LogP contribution in [-0.4, -0.2) is 11.0 Å². The summed E-state index contributed by atoms with van der Waals surface area (Å²) in [5, 5.41) is 1.76. The fourth-order valence-corrected chi connectivity index (χ4v) is 3.26. The van der Waals surface area contributed by atoms with Crippen LogP contribution in [0.1, 0.15) is 22.3 Å². The van der Waals surface area contributed by atoms with E-state index in [1.54, 1.807) is 12.3 Å². The van der Waals surface area contributed by atoms with Crippen LogP contribution in [-0.2, 0) is 16.1 Å². The Morgan fingerprint density at radius 3 is 2.83 bits per heavy atom. The fraction of sp³-hybridized carbons (Fsp3) is 0.125. The average Bonchev–Trinajstić information content (AvgIpc) is 2.73. The molecule has 0 aliphatic carbocycles. The second-order valence-electron chi connectivity index (χ2n) is 6.84. The lowest BCUT2D eigenvalue weighted by atomic mass is 10.0. The van der Waals surface area contributed by atoms with Crippen molar-refractivity contribution in [2.45, 2.75) is 20.5 Å². The Kier molecular flexibility index (Phi) is 4.96. The molecular weight excluding hydrogens is 366 g/mol. The zero-order chi connectivity index (χ0) is 20.4. The van der Waals surface area contributed by atoms with Crippen LogP contribution >= 0.6 is 0 Å². The Hall–Kier alpha value is -3.73. The molecule has 0 bridgehead atoms. The monoisotopic (exact) mass is 385 g/mol. The van der Waals surface area contributed by atoms with Gasteiger partial charge in [0, 0.05) is 40.2 Å². The molecule has 5 nitrogen and oxygen atoms in total. The van der Waals surface area contributed by atoms with E-state index in [4.69, 9.17) is 9.15 Å². The highest BCUT2D eigenvalue weighted by molar-refractivity contribution is 5.93. The first kappa shape index (κ1) is 18.6. The SMILES string of the molecule is Cc1ccc2c(COC(=O)/C=C/c3cccc4cccnc34)cc(=O)oc2c1C. The summed E-state index contributed by atoms with van der Waals surface area (Å²) in [7, 11) is 0. The van der Waals surface area contributed by atoms with Gasteiger partial charge >= 0.3 is 11.6 Å². The molecule has 0 saturated heterocycles. The molecule has 4 rings (SSSR count). The van der Waals surface area contributed by atoms with Crippen molar-refractivity contribution in [2.75, 3.05) is 0 Å². The molecular formula is C24H19NO4. The van der Waals surface area contributed by atoms with Gasteiger partial charge in [0.2, 0.25) is 0 Å².